The van der Waals surface area contributed by atoms with E-state index in [-0.39, 0.29) is 6.04 Å². The van der Waals surface area contributed by atoms with Crippen LogP contribution in [0.5, 0.6) is 0 Å². The zero-order chi connectivity index (χ0) is 16.6. The van der Waals surface area contributed by atoms with Crippen LogP contribution < -0.4 is 0 Å². The third kappa shape index (κ3) is 4.42. The van der Waals surface area contributed by atoms with Crippen LogP contribution >= 0.6 is 0 Å². The molecule has 1 unspecified atom stereocenters. The molecule has 3 rings (SSSR count). The van der Waals surface area contributed by atoms with Crippen molar-refractivity contribution in [2.24, 2.45) is 4.99 Å². The van der Waals surface area contributed by atoms with Crippen LogP contribution in [0.4, 0.5) is 0 Å². The molecule has 0 amide bonds. The van der Waals surface area contributed by atoms with Gasteiger partial charge in [-0.05, 0) is 25.3 Å². The first-order valence-corrected chi connectivity index (χ1v) is 8.55. The third-order valence-electron chi connectivity index (χ3n) is 4.14. The molecule has 0 aliphatic carbocycles. The molecular formula is C23H23N. The van der Waals surface area contributed by atoms with Gasteiger partial charge in [0.25, 0.3) is 0 Å². The van der Waals surface area contributed by atoms with Crippen molar-refractivity contribution in [2.75, 3.05) is 0 Å². The van der Waals surface area contributed by atoms with E-state index in [4.69, 9.17) is 4.99 Å². The summed E-state index contributed by atoms with van der Waals surface area (Å²) in [7, 11) is 0. The van der Waals surface area contributed by atoms with Gasteiger partial charge in [0, 0.05) is 17.2 Å². The Kier molecular flexibility index (Phi) is 5.57. The van der Waals surface area contributed by atoms with Crippen molar-refractivity contribution in [3.63, 3.8) is 0 Å². The smallest absolute Gasteiger partial charge is 0.0722 e. The molecular weight excluding hydrogens is 291 g/mol. The van der Waals surface area contributed by atoms with E-state index in [1.165, 1.54) is 16.7 Å². The summed E-state index contributed by atoms with van der Waals surface area (Å²) in [5.74, 6) is 0. The van der Waals surface area contributed by atoms with Gasteiger partial charge >= 0.3 is 0 Å². The van der Waals surface area contributed by atoms with Crippen LogP contribution in [0.1, 0.15) is 30.0 Å². The molecule has 0 heterocycles. The summed E-state index contributed by atoms with van der Waals surface area (Å²) >= 11 is 0. The van der Waals surface area contributed by atoms with Gasteiger partial charge in [0.05, 0.1) is 5.71 Å². The molecule has 24 heavy (non-hydrogen) atoms. The maximum Gasteiger partial charge on any atom is 0.0722 e. The minimum Gasteiger partial charge on any atom is -0.281 e. The van der Waals surface area contributed by atoms with Crippen LogP contribution in [0.15, 0.2) is 96.0 Å². The molecule has 0 aromatic heterocycles. The van der Waals surface area contributed by atoms with Crippen LogP contribution in [0, 0.1) is 0 Å². The van der Waals surface area contributed by atoms with Crippen LogP contribution in [-0.4, -0.2) is 11.8 Å². The summed E-state index contributed by atoms with van der Waals surface area (Å²) in [4.78, 5) is 5.05. The molecule has 0 aliphatic rings. The second kappa shape index (κ2) is 8.26. The van der Waals surface area contributed by atoms with E-state index in [9.17, 15) is 0 Å². The Labute approximate surface area is 144 Å². The molecule has 3 aromatic carbocycles. The minimum atomic E-state index is 0.278. The molecule has 0 spiro atoms. The van der Waals surface area contributed by atoms with Gasteiger partial charge in [-0.2, -0.15) is 0 Å². The average molecular weight is 314 g/mol. The zero-order valence-electron chi connectivity index (χ0n) is 14.1. The third-order valence-corrected chi connectivity index (χ3v) is 4.14. The second-order valence-electron chi connectivity index (χ2n) is 6.08. The molecule has 0 N–H and O–H groups in total. The fourth-order valence-corrected chi connectivity index (χ4v) is 2.81. The van der Waals surface area contributed by atoms with Crippen molar-refractivity contribution in [1.82, 2.24) is 0 Å². The molecule has 120 valence electrons. The Morgan fingerprint density at radius 3 is 1.67 bits per heavy atom. The highest BCUT2D eigenvalue weighted by atomic mass is 15.5. The number of benzene rings is 3. The number of aryl methyl sites for hydroxylation is 1. The molecule has 0 bridgehead atoms. The first-order chi connectivity index (χ1) is 11.8. The molecule has 1 nitrogen and oxygen atoms in total. The van der Waals surface area contributed by atoms with Crippen molar-refractivity contribution in [2.45, 2.75) is 25.8 Å². The SMILES string of the molecule is CC(CCc1ccccc1)[15N]=C(c1ccccc1)c1ccccc1. The van der Waals surface area contributed by atoms with Crippen molar-refractivity contribution < 1.29 is 0 Å². The largest absolute Gasteiger partial charge is 0.281 e. The number of hydrogen-bond donors (Lipinski definition) is 0. The van der Waals surface area contributed by atoms with Gasteiger partial charge < -0.3 is 0 Å². The monoisotopic (exact) mass is 314 g/mol. The van der Waals surface area contributed by atoms with Crippen LogP contribution in [-0.2, 0) is 6.42 Å². The lowest BCUT2D eigenvalue weighted by Crippen LogP contribution is -2.10. The number of aliphatic imine (C=N–C) groups is 1. The summed E-state index contributed by atoms with van der Waals surface area (Å²) in [6, 6.07) is 31.8. The summed E-state index contributed by atoms with van der Waals surface area (Å²) in [6.07, 6.45) is 2.11. The van der Waals surface area contributed by atoms with Gasteiger partial charge in [-0.15, -0.1) is 0 Å². The topological polar surface area (TPSA) is 12.4 Å². The maximum absolute atomic E-state index is 5.05. The van der Waals surface area contributed by atoms with Crippen molar-refractivity contribution in [3.8, 4) is 0 Å². The van der Waals surface area contributed by atoms with Gasteiger partial charge in [0.2, 0.25) is 0 Å². The summed E-state index contributed by atoms with van der Waals surface area (Å²) in [5.41, 5.74) is 4.81. The minimum absolute atomic E-state index is 0.278. The van der Waals surface area contributed by atoms with E-state index in [2.05, 4.69) is 85.8 Å². The normalized spacial score (nSPS) is 11.7. The maximum atomic E-state index is 5.05. The molecule has 0 saturated carbocycles. The molecule has 0 fully saturated rings. The number of nitrogens with zero attached hydrogens (tertiary/aromatic N) is 1. The van der Waals surface area contributed by atoms with E-state index in [1.54, 1.807) is 0 Å². The van der Waals surface area contributed by atoms with Gasteiger partial charge in [-0.1, -0.05) is 91.0 Å². The highest BCUT2D eigenvalue weighted by Gasteiger charge is 2.09. The number of hydrogen-bond acceptors (Lipinski definition) is 1. The summed E-state index contributed by atoms with van der Waals surface area (Å²) in [5, 5.41) is 0. The van der Waals surface area contributed by atoms with E-state index < -0.39 is 0 Å². The van der Waals surface area contributed by atoms with Crippen molar-refractivity contribution in [3.05, 3.63) is 108 Å². The Balaban J connectivity index is 1.81. The molecule has 1 atom stereocenters. The highest BCUT2D eigenvalue weighted by molar-refractivity contribution is 6.12. The molecule has 3 aromatic rings. The van der Waals surface area contributed by atoms with E-state index in [0.29, 0.717) is 0 Å². The second-order valence-corrected chi connectivity index (χ2v) is 6.08. The Morgan fingerprint density at radius 1 is 0.708 bits per heavy atom. The lowest BCUT2D eigenvalue weighted by molar-refractivity contribution is 0.669. The van der Waals surface area contributed by atoms with Crippen LogP contribution in [0.3, 0.4) is 0 Å². The van der Waals surface area contributed by atoms with Gasteiger partial charge in [-0.25, -0.2) is 0 Å². The molecule has 0 radical (unpaired) electrons. The Bertz CT molecular complexity index is 719. The molecule has 1 heteroatoms. The summed E-state index contributed by atoms with van der Waals surface area (Å²) < 4.78 is 0. The van der Waals surface area contributed by atoms with Gasteiger partial charge in [0.15, 0.2) is 0 Å². The van der Waals surface area contributed by atoms with Crippen LogP contribution in [0.25, 0.3) is 0 Å². The predicted octanol–water partition coefficient (Wildman–Crippen LogP) is 5.55. The molecule has 0 saturated heterocycles. The van der Waals surface area contributed by atoms with E-state index >= 15 is 0 Å². The highest BCUT2D eigenvalue weighted by Crippen LogP contribution is 2.14. The predicted molar refractivity (Wildman–Crippen MR) is 103 cm³/mol. The Morgan fingerprint density at radius 2 is 1.17 bits per heavy atom. The number of rotatable bonds is 6. The summed E-state index contributed by atoms with van der Waals surface area (Å²) in [6.45, 7) is 2.20. The average Bonchev–Trinajstić information content (AvgIpc) is 2.67. The fraction of sp³-hybridized carbons (Fsp3) is 0.174. The van der Waals surface area contributed by atoms with Gasteiger partial charge in [-0.3, -0.25) is 4.99 Å². The Hall–Kier alpha value is -2.67. The van der Waals surface area contributed by atoms with Crippen molar-refractivity contribution >= 4 is 5.71 Å². The zero-order valence-corrected chi connectivity index (χ0v) is 14.1. The first-order valence-electron chi connectivity index (χ1n) is 8.55. The lowest BCUT2D eigenvalue weighted by atomic mass is 10.0. The molecule has 0 aliphatic heterocycles. The quantitative estimate of drug-likeness (QED) is 0.418. The van der Waals surface area contributed by atoms with Gasteiger partial charge in [0.1, 0.15) is 0 Å². The van der Waals surface area contributed by atoms with E-state index in [1.807, 2.05) is 12.1 Å². The lowest BCUT2D eigenvalue weighted by Gasteiger charge is -2.12. The van der Waals surface area contributed by atoms with E-state index in [0.717, 1.165) is 18.6 Å². The fourth-order valence-electron chi connectivity index (χ4n) is 2.81. The standard InChI is InChI=1S/C23H23N/c1-19(17-18-20-11-5-2-6-12-20)24-23(21-13-7-3-8-14-21)22-15-9-4-10-16-22/h2-16,19H,17-18H2,1H3/i24+1. The first kappa shape index (κ1) is 16.2. The van der Waals surface area contributed by atoms with Crippen molar-refractivity contribution in [1.29, 1.82) is 0 Å². The van der Waals surface area contributed by atoms with Crippen LogP contribution in [0.2, 0.25) is 0 Å².